The number of sulfone groups is 2. The highest BCUT2D eigenvalue weighted by molar-refractivity contribution is 8.09. The van der Waals surface area contributed by atoms with Gasteiger partial charge in [0.1, 0.15) is 17.5 Å². The predicted molar refractivity (Wildman–Crippen MR) is 206 cm³/mol. The number of benzene rings is 5. The lowest BCUT2D eigenvalue weighted by Gasteiger charge is -2.36. The summed E-state index contributed by atoms with van der Waals surface area (Å²) in [7, 11) is -7.89. The molecule has 0 radical (unpaired) electrons. The first-order valence-electron chi connectivity index (χ1n) is 17.2. The third-order valence-corrected chi connectivity index (χ3v) is 14.4. The van der Waals surface area contributed by atoms with Crippen molar-refractivity contribution in [1.82, 2.24) is 9.55 Å². The van der Waals surface area contributed by atoms with Crippen LogP contribution >= 0.6 is 0 Å². The first-order chi connectivity index (χ1) is 26.6. The van der Waals surface area contributed by atoms with Crippen LogP contribution in [0.1, 0.15) is 22.9 Å². The number of rotatable bonds is 13. The van der Waals surface area contributed by atoms with Crippen LogP contribution in [0.2, 0.25) is 0 Å². The maximum absolute atomic E-state index is 14.6. The van der Waals surface area contributed by atoms with Crippen LogP contribution in [0.4, 0.5) is 0 Å². The molecule has 0 aliphatic carbocycles. The minimum Gasteiger partial charge on any atom is -0.497 e. The second-order valence-corrected chi connectivity index (χ2v) is 17.1. The Morgan fingerprint density at radius 1 is 0.673 bits per heavy atom. The lowest BCUT2D eigenvalue weighted by atomic mass is 9.80. The summed E-state index contributed by atoms with van der Waals surface area (Å²) in [6.45, 7) is -0.239. The Morgan fingerprint density at radius 2 is 1.15 bits per heavy atom. The Balaban J connectivity index is 1.41. The fourth-order valence-corrected chi connectivity index (χ4v) is 11.5. The zero-order chi connectivity index (χ0) is 38.6. The molecule has 0 bridgehead atoms. The molecule has 1 aliphatic heterocycles. The van der Waals surface area contributed by atoms with Crippen LogP contribution in [0.5, 0.6) is 5.75 Å². The Labute approximate surface area is 318 Å². The monoisotopic (exact) mass is 776 g/mol. The third kappa shape index (κ3) is 7.22. The summed E-state index contributed by atoms with van der Waals surface area (Å²) in [4.78, 5) is 27.1. The fraction of sp³-hybridized carbons (Fsp3) is 0.143. The molecule has 1 aliphatic rings. The number of aromatic nitrogens is 2. The molecule has 6 aromatic rings. The van der Waals surface area contributed by atoms with E-state index >= 15 is 0 Å². The lowest BCUT2D eigenvalue weighted by Crippen LogP contribution is -2.39. The largest absolute Gasteiger partial charge is 0.497 e. The maximum atomic E-state index is 14.6. The fourth-order valence-electron chi connectivity index (χ4n) is 6.82. The molecule has 0 saturated heterocycles. The molecule has 280 valence electrons. The summed E-state index contributed by atoms with van der Waals surface area (Å²) >= 11 is 0. The van der Waals surface area contributed by atoms with Gasteiger partial charge in [0, 0.05) is 17.8 Å². The first kappa shape index (κ1) is 37.5. The highest BCUT2D eigenvalue weighted by Gasteiger charge is 2.49. The van der Waals surface area contributed by atoms with Gasteiger partial charge in [-0.1, -0.05) is 109 Å². The number of hydrogen-bond donors (Lipinski definition) is 1. The molecule has 2 atom stereocenters. The van der Waals surface area contributed by atoms with Crippen LogP contribution < -0.4 is 16.0 Å². The van der Waals surface area contributed by atoms with Crippen molar-refractivity contribution < 1.29 is 31.0 Å². The molecule has 55 heavy (non-hydrogen) atoms. The summed E-state index contributed by atoms with van der Waals surface area (Å²) < 4.78 is 76.1. The average molecular weight is 777 g/mol. The molecule has 5 aromatic carbocycles. The van der Waals surface area contributed by atoms with Crippen molar-refractivity contribution in [1.29, 1.82) is 0 Å². The van der Waals surface area contributed by atoms with Gasteiger partial charge in [0.25, 0.3) is 5.56 Å². The second-order valence-electron chi connectivity index (χ2n) is 12.7. The summed E-state index contributed by atoms with van der Waals surface area (Å²) in [5.41, 5.74) is -0.882. The van der Waals surface area contributed by atoms with E-state index in [1.807, 2.05) is 84.9 Å². The summed E-state index contributed by atoms with van der Waals surface area (Å²) in [6.07, 6.45) is -0.144. The molecule has 0 saturated carbocycles. The van der Waals surface area contributed by atoms with Crippen molar-refractivity contribution >= 4 is 19.7 Å². The number of hydrogen-bond acceptors (Lipinski definition) is 9. The molecule has 1 aromatic heterocycles. The van der Waals surface area contributed by atoms with E-state index in [2.05, 4.69) is 4.98 Å². The summed E-state index contributed by atoms with van der Waals surface area (Å²) in [5, 5.41) is 0. The minimum absolute atomic E-state index is 0.239. The van der Waals surface area contributed by atoms with Gasteiger partial charge < -0.3 is 14.2 Å². The number of nitrogens with one attached hydrogen (secondary N) is 1. The van der Waals surface area contributed by atoms with Crippen LogP contribution in [-0.2, 0) is 34.7 Å². The number of H-pyrrole nitrogens is 1. The van der Waals surface area contributed by atoms with Gasteiger partial charge in [-0.05, 0) is 59.2 Å². The summed E-state index contributed by atoms with van der Waals surface area (Å²) in [6, 6.07) is 41.9. The Bertz CT molecular complexity index is 2520. The molecule has 7 rings (SSSR count). The molecule has 13 heteroatoms. The van der Waals surface area contributed by atoms with Crippen LogP contribution in [0.3, 0.4) is 0 Å². The zero-order valence-corrected chi connectivity index (χ0v) is 31.1. The van der Waals surface area contributed by atoms with E-state index in [1.54, 1.807) is 19.2 Å². The topological polar surface area (TPSA) is 151 Å². The standard InChI is InChI=1S/C42H36N2O9S2/c1-51-33-24-22-32(23-25-33)42(30-14-6-2-7-15-30,31-16-8-3-9-17-31)52-29-34-28-37(39(53-34)44-27-26-38(45)43-41(44)46)40(54(47,48)35-18-10-4-11-19-35)55(49,50)36-20-12-5-13-21-36/h2-28,34,39-40H,29H2,1H3,(H,43,45,46)/t34-,39+/m0/s1. The molecule has 0 spiro atoms. The van der Waals surface area contributed by atoms with Gasteiger partial charge in [0.05, 0.1) is 23.5 Å². The SMILES string of the molecule is COc1ccc(C(OC[C@@H]2C=C(C(S(=O)(=O)c3ccccc3)S(=O)(=O)c3ccccc3)[C@H](n3ccc(=O)[nH]c3=O)O2)(c2ccccc2)c2ccccc2)cc1. The smallest absolute Gasteiger partial charge is 0.330 e. The minimum atomic E-state index is -4.73. The van der Waals surface area contributed by atoms with Crippen molar-refractivity contribution in [3.63, 3.8) is 0 Å². The van der Waals surface area contributed by atoms with Gasteiger partial charge in [-0.25, -0.2) is 21.6 Å². The molecule has 11 nitrogen and oxygen atoms in total. The molecule has 0 unspecified atom stereocenters. The number of aromatic amines is 1. The van der Waals surface area contributed by atoms with E-state index < -0.39 is 53.4 Å². The van der Waals surface area contributed by atoms with Crippen molar-refractivity contribution in [2.75, 3.05) is 13.7 Å². The van der Waals surface area contributed by atoms with Crippen molar-refractivity contribution in [3.8, 4) is 5.75 Å². The normalized spacial score (nSPS) is 16.1. The van der Waals surface area contributed by atoms with E-state index in [0.717, 1.165) is 33.5 Å². The molecule has 2 heterocycles. The van der Waals surface area contributed by atoms with E-state index in [0.29, 0.717) is 5.75 Å². The zero-order valence-electron chi connectivity index (χ0n) is 29.5. The van der Waals surface area contributed by atoms with Crippen molar-refractivity contribution in [3.05, 3.63) is 207 Å². The Hall–Kier alpha value is -5.86. The summed E-state index contributed by atoms with van der Waals surface area (Å²) in [5.74, 6) is 0.630. The predicted octanol–water partition coefficient (Wildman–Crippen LogP) is 5.65. The first-order valence-corrected chi connectivity index (χ1v) is 20.3. The van der Waals surface area contributed by atoms with Crippen LogP contribution in [0.25, 0.3) is 0 Å². The van der Waals surface area contributed by atoms with Crippen LogP contribution in [0, 0.1) is 0 Å². The van der Waals surface area contributed by atoms with Crippen molar-refractivity contribution in [2.45, 2.75) is 32.3 Å². The highest BCUT2D eigenvalue weighted by atomic mass is 32.3. The van der Waals surface area contributed by atoms with Gasteiger partial charge in [-0.15, -0.1) is 0 Å². The quantitative estimate of drug-likeness (QED) is 0.116. The van der Waals surface area contributed by atoms with E-state index in [9.17, 15) is 26.4 Å². The van der Waals surface area contributed by atoms with Gasteiger partial charge >= 0.3 is 5.69 Å². The van der Waals surface area contributed by atoms with Gasteiger partial charge in [0.2, 0.25) is 0 Å². The molecular weight excluding hydrogens is 741 g/mol. The van der Waals surface area contributed by atoms with E-state index in [-0.39, 0.29) is 22.0 Å². The Kier molecular flexibility index (Phi) is 10.5. The third-order valence-electron chi connectivity index (χ3n) is 9.37. The highest BCUT2D eigenvalue weighted by Crippen LogP contribution is 2.44. The van der Waals surface area contributed by atoms with E-state index in [4.69, 9.17) is 14.2 Å². The molecule has 0 fully saturated rings. The van der Waals surface area contributed by atoms with Crippen LogP contribution in [0.15, 0.2) is 189 Å². The molecule has 0 amide bonds. The molecular formula is C42H36N2O9S2. The second kappa shape index (κ2) is 15.5. The lowest BCUT2D eigenvalue weighted by molar-refractivity contribution is -0.0703. The maximum Gasteiger partial charge on any atom is 0.330 e. The van der Waals surface area contributed by atoms with Crippen LogP contribution in [-0.4, -0.2) is 50.8 Å². The van der Waals surface area contributed by atoms with Crippen molar-refractivity contribution in [2.24, 2.45) is 0 Å². The average Bonchev–Trinajstić information content (AvgIpc) is 3.62. The van der Waals surface area contributed by atoms with Gasteiger partial charge in [-0.2, -0.15) is 0 Å². The number of ether oxygens (including phenoxy) is 3. The number of nitrogens with zero attached hydrogens (tertiary/aromatic N) is 1. The van der Waals surface area contributed by atoms with E-state index in [1.165, 1.54) is 54.6 Å². The van der Waals surface area contributed by atoms with Gasteiger partial charge in [-0.3, -0.25) is 14.3 Å². The number of methoxy groups -OCH3 is 1. The van der Waals surface area contributed by atoms with Gasteiger partial charge in [0.15, 0.2) is 30.5 Å². The Morgan fingerprint density at radius 3 is 1.62 bits per heavy atom. The molecule has 1 N–H and O–H groups in total.